The number of anilines is 1. The third-order valence-electron chi connectivity index (χ3n) is 3.81. The number of ether oxygens (including phenoxy) is 2. The first-order valence-corrected chi connectivity index (χ1v) is 8.60. The predicted octanol–water partition coefficient (Wildman–Crippen LogP) is 1.82. The maximum atomic E-state index is 12.2. The Balaban J connectivity index is 1.81. The molecule has 0 saturated heterocycles. The van der Waals surface area contributed by atoms with Crippen LogP contribution in [0, 0.1) is 0 Å². The van der Waals surface area contributed by atoms with Crippen LogP contribution in [0.1, 0.15) is 27.6 Å². The van der Waals surface area contributed by atoms with E-state index in [9.17, 15) is 14.4 Å². The van der Waals surface area contributed by atoms with Gasteiger partial charge in [0.2, 0.25) is 5.91 Å². The van der Waals surface area contributed by atoms with Crippen molar-refractivity contribution >= 4 is 23.4 Å². The highest BCUT2D eigenvalue weighted by Crippen LogP contribution is 2.27. The molecule has 0 saturated carbocycles. The number of carbonyl (C=O) groups is 3. The minimum absolute atomic E-state index is 0.178. The van der Waals surface area contributed by atoms with Gasteiger partial charge >= 0.3 is 0 Å². The number of methoxy groups -OCH3 is 2. The normalized spacial score (nSPS) is 9.96. The molecule has 0 aromatic heterocycles. The van der Waals surface area contributed by atoms with Crippen LogP contribution in [-0.4, -0.2) is 45.0 Å². The first-order chi connectivity index (χ1) is 13.4. The molecule has 0 bridgehead atoms. The van der Waals surface area contributed by atoms with Gasteiger partial charge in [-0.1, -0.05) is 0 Å². The number of hydrogen-bond acceptors (Lipinski definition) is 5. The second-order valence-electron chi connectivity index (χ2n) is 5.84. The molecule has 3 amide bonds. The fraction of sp³-hybridized carbons (Fsp3) is 0.250. The summed E-state index contributed by atoms with van der Waals surface area (Å²) in [7, 11) is 3.02. The molecule has 28 heavy (non-hydrogen) atoms. The van der Waals surface area contributed by atoms with E-state index in [1.54, 1.807) is 42.5 Å². The summed E-state index contributed by atoms with van der Waals surface area (Å²) in [4.78, 5) is 35.3. The molecule has 0 spiro atoms. The van der Waals surface area contributed by atoms with Gasteiger partial charge in [0.15, 0.2) is 11.5 Å². The summed E-state index contributed by atoms with van der Waals surface area (Å²) in [6.45, 7) is 1.95. The van der Waals surface area contributed by atoms with E-state index < -0.39 is 0 Å². The highest BCUT2D eigenvalue weighted by atomic mass is 16.5. The first-order valence-electron chi connectivity index (χ1n) is 8.60. The van der Waals surface area contributed by atoms with Crippen molar-refractivity contribution in [2.24, 2.45) is 0 Å². The molecule has 0 unspecified atom stereocenters. The fourth-order valence-electron chi connectivity index (χ4n) is 2.44. The minimum Gasteiger partial charge on any atom is -0.493 e. The SMILES string of the molecule is COc1ccc(C(=O)NCCNC(=O)c2ccc(NC(C)=O)cc2)cc1OC. The van der Waals surface area contributed by atoms with E-state index in [2.05, 4.69) is 16.0 Å². The van der Waals surface area contributed by atoms with Gasteiger partial charge < -0.3 is 25.4 Å². The molecule has 8 nitrogen and oxygen atoms in total. The lowest BCUT2D eigenvalue weighted by Gasteiger charge is -2.10. The van der Waals surface area contributed by atoms with E-state index in [0.29, 0.717) is 28.3 Å². The van der Waals surface area contributed by atoms with Gasteiger partial charge in [-0.25, -0.2) is 0 Å². The molecule has 2 aromatic rings. The number of rotatable bonds is 8. The van der Waals surface area contributed by atoms with Crippen molar-refractivity contribution in [3.63, 3.8) is 0 Å². The molecule has 0 fully saturated rings. The predicted molar refractivity (Wildman–Crippen MR) is 105 cm³/mol. The molecule has 8 heteroatoms. The molecule has 3 N–H and O–H groups in total. The van der Waals surface area contributed by atoms with Crippen LogP contribution in [0.2, 0.25) is 0 Å². The van der Waals surface area contributed by atoms with Gasteiger partial charge in [-0.2, -0.15) is 0 Å². The van der Waals surface area contributed by atoms with Crippen LogP contribution in [0.3, 0.4) is 0 Å². The molecule has 148 valence electrons. The number of nitrogens with one attached hydrogen (secondary N) is 3. The van der Waals surface area contributed by atoms with Gasteiger partial charge in [-0.3, -0.25) is 14.4 Å². The number of hydrogen-bond donors (Lipinski definition) is 3. The van der Waals surface area contributed by atoms with E-state index in [4.69, 9.17) is 9.47 Å². The largest absolute Gasteiger partial charge is 0.493 e. The summed E-state index contributed by atoms with van der Waals surface area (Å²) in [5, 5.41) is 8.08. The maximum Gasteiger partial charge on any atom is 0.251 e. The zero-order valence-corrected chi connectivity index (χ0v) is 16.0. The molecular weight excluding hydrogens is 362 g/mol. The zero-order chi connectivity index (χ0) is 20.5. The lowest BCUT2D eigenvalue weighted by Crippen LogP contribution is -2.34. The topological polar surface area (TPSA) is 106 Å². The van der Waals surface area contributed by atoms with Gasteiger partial charge in [0.1, 0.15) is 0 Å². The smallest absolute Gasteiger partial charge is 0.251 e. The molecule has 0 radical (unpaired) electrons. The van der Waals surface area contributed by atoms with Crippen molar-refractivity contribution in [1.29, 1.82) is 0 Å². The van der Waals surface area contributed by atoms with Crippen molar-refractivity contribution in [2.75, 3.05) is 32.6 Å². The highest BCUT2D eigenvalue weighted by Gasteiger charge is 2.11. The van der Waals surface area contributed by atoms with Crippen molar-refractivity contribution in [3.8, 4) is 11.5 Å². The van der Waals surface area contributed by atoms with Gasteiger partial charge in [0, 0.05) is 36.8 Å². The molecule has 0 aliphatic heterocycles. The lowest BCUT2D eigenvalue weighted by atomic mass is 10.2. The van der Waals surface area contributed by atoms with Crippen LogP contribution < -0.4 is 25.4 Å². The summed E-state index contributed by atoms with van der Waals surface area (Å²) >= 11 is 0. The van der Waals surface area contributed by atoms with E-state index in [1.165, 1.54) is 21.1 Å². The summed E-state index contributed by atoms with van der Waals surface area (Å²) in [5.41, 5.74) is 1.50. The van der Waals surface area contributed by atoms with E-state index in [-0.39, 0.29) is 30.8 Å². The molecule has 2 aromatic carbocycles. The Bertz CT molecular complexity index is 849. The van der Waals surface area contributed by atoms with E-state index in [0.717, 1.165) is 0 Å². The first kappa shape index (κ1) is 20.8. The van der Waals surface area contributed by atoms with Crippen molar-refractivity contribution in [2.45, 2.75) is 6.92 Å². The summed E-state index contributed by atoms with van der Waals surface area (Å²) in [5.74, 6) is 0.272. The summed E-state index contributed by atoms with van der Waals surface area (Å²) < 4.78 is 10.3. The Labute approximate surface area is 163 Å². The number of benzene rings is 2. The third kappa shape index (κ3) is 5.73. The van der Waals surface area contributed by atoms with E-state index in [1.807, 2.05) is 0 Å². The molecule has 0 aliphatic carbocycles. The lowest BCUT2D eigenvalue weighted by molar-refractivity contribution is -0.114. The van der Waals surface area contributed by atoms with Crippen LogP contribution in [0.15, 0.2) is 42.5 Å². The fourth-order valence-corrected chi connectivity index (χ4v) is 2.44. The standard InChI is InChI=1S/C20H23N3O5/c1-13(24)23-16-7-4-14(5-8-16)19(25)21-10-11-22-20(26)15-6-9-17(27-2)18(12-15)28-3/h4-9,12H,10-11H2,1-3H3,(H,21,25)(H,22,26)(H,23,24). The average molecular weight is 385 g/mol. The van der Waals surface area contributed by atoms with Gasteiger partial charge in [0.25, 0.3) is 11.8 Å². The monoisotopic (exact) mass is 385 g/mol. The van der Waals surface area contributed by atoms with Crippen molar-refractivity contribution < 1.29 is 23.9 Å². The highest BCUT2D eigenvalue weighted by molar-refractivity contribution is 5.96. The van der Waals surface area contributed by atoms with Crippen LogP contribution in [0.4, 0.5) is 5.69 Å². The molecular formula is C20H23N3O5. The molecule has 0 heterocycles. The van der Waals surface area contributed by atoms with Gasteiger partial charge in [-0.05, 0) is 42.5 Å². The van der Waals surface area contributed by atoms with E-state index >= 15 is 0 Å². The van der Waals surface area contributed by atoms with Crippen LogP contribution in [0.25, 0.3) is 0 Å². The Kier molecular flexibility index (Phi) is 7.38. The summed E-state index contributed by atoms with van der Waals surface area (Å²) in [6.07, 6.45) is 0. The molecule has 2 rings (SSSR count). The Morgan fingerprint density at radius 1 is 0.786 bits per heavy atom. The Morgan fingerprint density at radius 3 is 1.86 bits per heavy atom. The molecule has 0 atom stereocenters. The molecule has 0 aliphatic rings. The number of amides is 3. The Hall–Kier alpha value is -3.55. The zero-order valence-electron chi connectivity index (χ0n) is 16.0. The second-order valence-corrected chi connectivity index (χ2v) is 5.84. The average Bonchev–Trinajstić information content (AvgIpc) is 2.70. The van der Waals surface area contributed by atoms with Crippen LogP contribution >= 0.6 is 0 Å². The van der Waals surface area contributed by atoms with Crippen LogP contribution in [0.5, 0.6) is 11.5 Å². The minimum atomic E-state index is -0.283. The number of carbonyl (C=O) groups excluding carboxylic acids is 3. The summed E-state index contributed by atoms with van der Waals surface area (Å²) in [6, 6.07) is 11.4. The van der Waals surface area contributed by atoms with Crippen molar-refractivity contribution in [3.05, 3.63) is 53.6 Å². The van der Waals surface area contributed by atoms with Gasteiger partial charge in [-0.15, -0.1) is 0 Å². The third-order valence-corrected chi connectivity index (χ3v) is 3.81. The van der Waals surface area contributed by atoms with Crippen LogP contribution in [-0.2, 0) is 4.79 Å². The Morgan fingerprint density at radius 2 is 1.32 bits per heavy atom. The van der Waals surface area contributed by atoms with Gasteiger partial charge in [0.05, 0.1) is 14.2 Å². The maximum absolute atomic E-state index is 12.2. The van der Waals surface area contributed by atoms with Crippen molar-refractivity contribution in [1.82, 2.24) is 10.6 Å². The quantitative estimate of drug-likeness (QED) is 0.601. The second kappa shape index (κ2) is 9.96.